The molecule has 0 radical (unpaired) electrons. The van der Waals surface area contributed by atoms with Crippen LogP contribution < -0.4 is 10.9 Å². The summed E-state index contributed by atoms with van der Waals surface area (Å²) in [5.41, 5.74) is 5.58. The van der Waals surface area contributed by atoms with Gasteiger partial charge in [0.15, 0.2) is 0 Å². The lowest BCUT2D eigenvalue weighted by molar-refractivity contribution is -0.116. The fourth-order valence-electron chi connectivity index (χ4n) is 4.51. The summed E-state index contributed by atoms with van der Waals surface area (Å²) in [4.78, 5) is 33.6. The SMILES string of the molecule is CCN1CCc2nc(-c3ccc(F)cc3)n(CC(=O)Nc3c(C)cc(C)cc3C)c(=O)c2C1. The zero-order chi connectivity index (χ0) is 23.7. The number of nitrogens with zero attached hydrogens (tertiary/aromatic N) is 3. The fraction of sp³-hybridized carbons (Fsp3) is 0.346. The van der Waals surface area contributed by atoms with Gasteiger partial charge in [-0.25, -0.2) is 9.37 Å². The molecule has 0 bridgehead atoms. The Morgan fingerprint density at radius 2 is 1.79 bits per heavy atom. The molecule has 0 saturated carbocycles. The Labute approximate surface area is 193 Å². The third-order valence-corrected chi connectivity index (χ3v) is 6.19. The summed E-state index contributed by atoms with van der Waals surface area (Å²) in [6.07, 6.45) is 0.668. The zero-order valence-corrected chi connectivity index (χ0v) is 19.5. The van der Waals surface area contributed by atoms with Crippen molar-refractivity contribution in [2.45, 2.75) is 47.2 Å². The Morgan fingerprint density at radius 1 is 1.12 bits per heavy atom. The first-order valence-electron chi connectivity index (χ1n) is 11.3. The van der Waals surface area contributed by atoms with Gasteiger partial charge in [0, 0.05) is 30.8 Å². The molecule has 0 aliphatic carbocycles. The van der Waals surface area contributed by atoms with Crippen LogP contribution >= 0.6 is 0 Å². The second-order valence-electron chi connectivity index (χ2n) is 8.70. The second kappa shape index (κ2) is 9.27. The Balaban J connectivity index is 1.75. The number of anilines is 1. The molecule has 0 spiro atoms. The van der Waals surface area contributed by atoms with Crippen LogP contribution in [0.25, 0.3) is 11.4 Å². The van der Waals surface area contributed by atoms with Crippen LogP contribution in [-0.4, -0.2) is 33.4 Å². The van der Waals surface area contributed by atoms with Gasteiger partial charge in [0.05, 0.1) is 11.3 Å². The Bertz CT molecular complexity index is 1240. The summed E-state index contributed by atoms with van der Waals surface area (Å²) >= 11 is 0. The maximum atomic E-state index is 13.5. The van der Waals surface area contributed by atoms with Gasteiger partial charge in [-0.15, -0.1) is 0 Å². The van der Waals surface area contributed by atoms with Gasteiger partial charge in [-0.05, 0) is 62.7 Å². The molecule has 172 valence electrons. The van der Waals surface area contributed by atoms with Gasteiger partial charge >= 0.3 is 0 Å². The molecule has 7 heteroatoms. The van der Waals surface area contributed by atoms with Crippen molar-refractivity contribution in [1.82, 2.24) is 14.5 Å². The molecule has 1 aliphatic heterocycles. The monoisotopic (exact) mass is 448 g/mol. The van der Waals surface area contributed by atoms with E-state index in [9.17, 15) is 14.0 Å². The molecule has 2 aromatic carbocycles. The average Bonchev–Trinajstić information content (AvgIpc) is 2.78. The highest BCUT2D eigenvalue weighted by Crippen LogP contribution is 2.24. The third kappa shape index (κ3) is 4.73. The van der Waals surface area contributed by atoms with Crippen LogP contribution in [-0.2, 0) is 24.3 Å². The number of hydrogen-bond acceptors (Lipinski definition) is 4. The minimum absolute atomic E-state index is 0.176. The van der Waals surface area contributed by atoms with Crippen LogP contribution in [0, 0.1) is 26.6 Å². The van der Waals surface area contributed by atoms with Crippen molar-refractivity contribution in [1.29, 1.82) is 0 Å². The summed E-state index contributed by atoms with van der Waals surface area (Å²) < 4.78 is 15.0. The van der Waals surface area contributed by atoms with Gasteiger partial charge in [0.1, 0.15) is 18.2 Å². The van der Waals surface area contributed by atoms with E-state index in [2.05, 4.69) is 17.1 Å². The van der Waals surface area contributed by atoms with Crippen LogP contribution in [0.15, 0.2) is 41.2 Å². The summed E-state index contributed by atoms with van der Waals surface area (Å²) in [6, 6.07) is 9.88. The Kier molecular flexibility index (Phi) is 6.42. The zero-order valence-electron chi connectivity index (χ0n) is 19.5. The molecule has 1 aromatic heterocycles. The van der Waals surface area contributed by atoms with Gasteiger partial charge < -0.3 is 5.32 Å². The lowest BCUT2D eigenvalue weighted by Crippen LogP contribution is -2.39. The minimum Gasteiger partial charge on any atom is -0.324 e. The molecule has 0 atom stereocenters. The highest BCUT2D eigenvalue weighted by Gasteiger charge is 2.24. The van der Waals surface area contributed by atoms with E-state index >= 15 is 0 Å². The number of aromatic nitrogens is 2. The summed E-state index contributed by atoms with van der Waals surface area (Å²) in [5.74, 6) is -0.288. The summed E-state index contributed by atoms with van der Waals surface area (Å²) in [7, 11) is 0. The first-order valence-corrected chi connectivity index (χ1v) is 11.3. The molecule has 4 rings (SSSR count). The van der Waals surface area contributed by atoms with Crippen molar-refractivity contribution in [2.24, 2.45) is 0 Å². The molecular formula is C26H29FN4O2. The first kappa shape index (κ1) is 22.9. The van der Waals surface area contributed by atoms with E-state index in [1.807, 2.05) is 32.9 Å². The van der Waals surface area contributed by atoms with E-state index in [0.29, 0.717) is 29.9 Å². The number of aryl methyl sites for hydroxylation is 3. The number of amides is 1. The topological polar surface area (TPSA) is 67.2 Å². The number of likely N-dealkylation sites (N-methyl/N-ethyl adjacent to an activating group) is 1. The van der Waals surface area contributed by atoms with Crippen molar-refractivity contribution in [2.75, 3.05) is 18.4 Å². The fourth-order valence-corrected chi connectivity index (χ4v) is 4.51. The number of rotatable bonds is 5. The Hall–Kier alpha value is -3.32. The number of carbonyl (C=O) groups excluding carboxylic acids is 1. The maximum Gasteiger partial charge on any atom is 0.259 e. The Morgan fingerprint density at radius 3 is 2.42 bits per heavy atom. The second-order valence-corrected chi connectivity index (χ2v) is 8.70. The lowest BCUT2D eigenvalue weighted by atomic mass is 10.0. The molecule has 6 nitrogen and oxygen atoms in total. The molecule has 1 N–H and O–H groups in total. The average molecular weight is 449 g/mol. The molecule has 1 amide bonds. The number of carbonyl (C=O) groups is 1. The first-order chi connectivity index (χ1) is 15.8. The standard InChI is InChI=1S/C26H29FN4O2/c1-5-30-11-10-22-21(14-30)26(33)31(25(28-22)19-6-8-20(27)9-7-19)15-23(32)29-24-17(3)12-16(2)13-18(24)4/h6-9,12-13H,5,10-11,14-15H2,1-4H3,(H,29,32). The largest absolute Gasteiger partial charge is 0.324 e. The predicted molar refractivity (Wildman–Crippen MR) is 128 cm³/mol. The quantitative estimate of drug-likeness (QED) is 0.641. The molecule has 2 heterocycles. The van der Waals surface area contributed by atoms with E-state index in [0.717, 1.165) is 41.2 Å². The number of halogens is 1. The highest BCUT2D eigenvalue weighted by atomic mass is 19.1. The lowest BCUT2D eigenvalue weighted by Gasteiger charge is -2.27. The van der Waals surface area contributed by atoms with Crippen LogP contribution in [0.5, 0.6) is 0 Å². The molecule has 0 fully saturated rings. The number of hydrogen-bond donors (Lipinski definition) is 1. The molecule has 33 heavy (non-hydrogen) atoms. The van der Waals surface area contributed by atoms with E-state index in [1.54, 1.807) is 12.1 Å². The van der Waals surface area contributed by atoms with Crippen molar-refractivity contribution >= 4 is 11.6 Å². The highest BCUT2D eigenvalue weighted by molar-refractivity contribution is 5.92. The van der Waals surface area contributed by atoms with Gasteiger partial charge in [-0.3, -0.25) is 19.1 Å². The summed E-state index contributed by atoms with van der Waals surface area (Å²) in [6.45, 7) is 9.98. The van der Waals surface area contributed by atoms with Gasteiger partial charge in [-0.2, -0.15) is 0 Å². The minimum atomic E-state index is -0.368. The van der Waals surface area contributed by atoms with E-state index in [4.69, 9.17) is 4.98 Å². The number of benzene rings is 2. The van der Waals surface area contributed by atoms with E-state index in [1.165, 1.54) is 16.7 Å². The van der Waals surface area contributed by atoms with Gasteiger partial charge in [0.25, 0.3) is 5.56 Å². The van der Waals surface area contributed by atoms with Crippen LogP contribution in [0.2, 0.25) is 0 Å². The van der Waals surface area contributed by atoms with Crippen molar-refractivity contribution in [3.05, 3.63) is 80.5 Å². The number of nitrogens with one attached hydrogen (secondary N) is 1. The van der Waals surface area contributed by atoms with Gasteiger partial charge in [0.2, 0.25) is 5.91 Å². The molecule has 0 saturated heterocycles. The van der Waals surface area contributed by atoms with E-state index < -0.39 is 0 Å². The molecular weight excluding hydrogens is 419 g/mol. The summed E-state index contributed by atoms with van der Waals surface area (Å²) in [5, 5.41) is 2.97. The van der Waals surface area contributed by atoms with Crippen molar-refractivity contribution in [3.8, 4) is 11.4 Å². The smallest absolute Gasteiger partial charge is 0.259 e. The van der Waals surface area contributed by atoms with Crippen molar-refractivity contribution < 1.29 is 9.18 Å². The van der Waals surface area contributed by atoms with Crippen molar-refractivity contribution in [3.63, 3.8) is 0 Å². The van der Waals surface area contributed by atoms with Gasteiger partial charge in [-0.1, -0.05) is 24.6 Å². The normalized spacial score (nSPS) is 13.6. The number of fused-ring (bicyclic) bond motifs is 1. The molecule has 0 unspecified atom stereocenters. The molecule has 3 aromatic rings. The van der Waals surface area contributed by atoms with Crippen LogP contribution in [0.4, 0.5) is 10.1 Å². The third-order valence-electron chi connectivity index (χ3n) is 6.19. The van der Waals surface area contributed by atoms with Crippen LogP contribution in [0.1, 0.15) is 34.9 Å². The van der Waals surface area contributed by atoms with Crippen LogP contribution in [0.3, 0.4) is 0 Å². The molecule has 1 aliphatic rings. The van der Waals surface area contributed by atoms with E-state index in [-0.39, 0.29) is 23.8 Å². The predicted octanol–water partition coefficient (Wildman–Crippen LogP) is 3.99. The maximum absolute atomic E-state index is 13.5.